The van der Waals surface area contributed by atoms with Crippen molar-refractivity contribution in [1.82, 2.24) is 10.2 Å². The first-order chi connectivity index (χ1) is 9.46. The second kappa shape index (κ2) is 5.85. The summed E-state index contributed by atoms with van der Waals surface area (Å²) in [5.74, 6) is -1.88. The van der Waals surface area contributed by atoms with Gasteiger partial charge in [0.05, 0.1) is 0 Å². The summed E-state index contributed by atoms with van der Waals surface area (Å²) in [5, 5.41) is 3.20. The molecule has 1 aromatic carbocycles. The van der Waals surface area contributed by atoms with Gasteiger partial charge in [-0.15, -0.1) is 0 Å². The van der Waals surface area contributed by atoms with Gasteiger partial charge in [-0.25, -0.2) is 8.78 Å². The van der Waals surface area contributed by atoms with Crippen molar-refractivity contribution in [3.8, 4) is 0 Å². The molecule has 20 heavy (non-hydrogen) atoms. The lowest BCUT2D eigenvalue weighted by Crippen LogP contribution is -2.54. The van der Waals surface area contributed by atoms with Crippen LogP contribution in [0.25, 0.3) is 0 Å². The summed E-state index contributed by atoms with van der Waals surface area (Å²) in [7, 11) is 0. The number of rotatable bonds is 3. The fourth-order valence-electron chi connectivity index (χ4n) is 2.62. The molecule has 1 heterocycles. The van der Waals surface area contributed by atoms with Crippen molar-refractivity contribution in [2.45, 2.75) is 18.9 Å². The van der Waals surface area contributed by atoms with Crippen molar-refractivity contribution in [2.75, 3.05) is 26.2 Å². The quantitative estimate of drug-likeness (QED) is 0.869. The Morgan fingerprint density at radius 1 is 1.35 bits per heavy atom. The van der Waals surface area contributed by atoms with Crippen molar-refractivity contribution in [3.05, 3.63) is 35.4 Å². The first-order valence-corrected chi connectivity index (χ1v) is 6.67. The molecule has 1 amide bonds. The van der Waals surface area contributed by atoms with Crippen LogP contribution in [-0.4, -0.2) is 37.0 Å². The van der Waals surface area contributed by atoms with Gasteiger partial charge < -0.3 is 11.1 Å². The predicted octanol–water partition coefficient (Wildman–Crippen LogP) is 0.961. The smallest absolute Gasteiger partial charge is 0.242 e. The van der Waals surface area contributed by atoms with Crippen LogP contribution in [-0.2, 0) is 10.3 Å². The highest BCUT2D eigenvalue weighted by atomic mass is 19.1. The number of nitrogens with one attached hydrogen (secondary N) is 1. The largest absolute Gasteiger partial charge is 0.368 e. The Labute approximate surface area is 116 Å². The summed E-state index contributed by atoms with van der Waals surface area (Å²) in [6, 6.07) is 3.12. The summed E-state index contributed by atoms with van der Waals surface area (Å²) in [4.78, 5) is 13.8. The van der Waals surface area contributed by atoms with Crippen LogP contribution in [0.2, 0.25) is 0 Å². The second-order valence-corrected chi connectivity index (χ2v) is 5.15. The molecule has 0 aromatic heterocycles. The normalized spacial score (nSPS) is 20.1. The van der Waals surface area contributed by atoms with Gasteiger partial charge in [-0.2, -0.15) is 0 Å². The fraction of sp³-hybridized carbons (Fsp3) is 0.500. The first-order valence-electron chi connectivity index (χ1n) is 6.67. The number of hydrogen-bond donors (Lipinski definition) is 2. The van der Waals surface area contributed by atoms with Crippen LogP contribution in [0.5, 0.6) is 0 Å². The molecule has 0 saturated carbocycles. The van der Waals surface area contributed by atoms with Gasteiger partial charge >= 0.3 is 0 Å². The van der Waals surface area contributed by atoms with Gasteiger partial charge in [0.1, 0.15) is 17.2 Å². The van der Waals surface area contributed by atoms with E-state index < -0.39 is 23.1 Å². The molecule has 4 nitrogen and oxygen atoms in total. The lowest BCUT2D eigenvalue weighted by atomic mass is 9.88. The molecule has 1 fully saturated rings. The summed E-state index contributed by atoms with van der Waals surface area (Å²) in [6.07, 6.45) is 0.819. The Morgan fingerprint density at radius 2 is 2.10 bits per heavy atom. The molecule has 0 aliphatic carbocycles. The van der Waals surface area contributed by atoms with Gasteiger partial charge in [-0.05, 0) is 38.1 Å². The molecule has 3 N–H and O–H groups in total. The van der Waals surface area contributed by atoms with Crippen molar-refractivity contribution in [3.63, 3.8) is 0 Å². The van der Waals surface area contributed by atoms with Crippen LogP contribution in [0.1, 0.15) is 18.9 Å². The molecule has 1 saturated heterocycles. The van der Waals surface area contributed by atoms with Crippen molar-refractivity contribution >= 4 is 5.91 Å². The monoisotopic (exact) mass is 283 g/mol. The highest BCUT2D eigenvalue weighted by Crippen LogP contribution is 2.31. The van der Waals surface area contributed by atoms with Gasteiger partial charge in [-0.3, -0.25) is 9.69 Å². The minimum absolute atomic E-state index is 0.00750. The molecular weight excluding hydrogens is 264 g/mol. The Balaban J connectivity index is 2.47. The topological polar surface area (TPSA) is 58.4 Å². The van der Waals surface area contributed by atoms with Crippen molar-refractivity contribution in [1.29, 1.82) is 0 Å². The van der Waals surface area contributed by atoms with Gasteiger partial charge in [-0.1, -0.05) is 0 Å². The molecule has 0 radical (unpaired) electrons. The number of nitrogens with zero attached hydrogens (tertiary/aromatic N) is 1. The van der Waals surface area contributed by atoms with Crippen molar-refractivity contribution < 1.29 is 13.6 Å². The van der Waals surface area contributed by atoms with Gasteiger partial charge in [0.15, 0.2) is 0 Å². The SMILES string of the molecule is CC(C(N)=O)(c1cc(F)ccc1F)N1CCCNCC1. The average molecular weight is 283 g/mol. The molecule has 6 heteroatoms. The van der Waals surface area contributed by atoms with E-state index in [1.807, 2.05) is 4.90 Å². The van der Waals surface area contributed by atoms with E-state index in [4.69, 9.17) is 5.73 Å². The van der Waals surface area contributed by atoms with Gasteiger partial charge in [0.25, 0.3) is 0 Å². The number of amides is 1. The molecule has 110 valence electrons. The zero-order valence-electron chi connectivity index (χ0n) is 11.5. The molecule has 1 aliphatic rings. The van der Waals surface area contributed by atoms with Crippen LogP contribution < -0.4 is 11.1 Å². The zero-order chi connectivity index (χ0) is 14.8. The minimum Gasteiger partial charge on any atom is -0.368 e. The molecule has 1 unspecified atom stereocenters. The summed E-state index contributed by atoms with van der Waals surface area (Å²) < 4.78 is 27.5. The van der Waals surface area contributed by atoms with E-state index in [0.29, 0.717) is 19.6 Å². The van der Waals surface area contributed by atoms with Crippen LogP contribution >= 0.6 is 0 Å². The molecule has 0 spiro atoms. The maximum Gasteiger partial charge on any atom is 0.242 e. The number of primary amides is 1. The van der Waals surface area contributed by atoms with Gasteiger partial charge in [0.2, 0.25) is 5.91 Å². The average Bonchev–Trinajstić information content (AvgIpc) is 2.69. The number of carbonyl (C=O) groups is 1. The van der Waals surface area contributed by atoms with Gasteiger partial charge in [0, 0.05) is 25.2 Å². The van der Waals surface area contributed by atoms with E-state index in [-0.39, 0.29) is 5.56 Å². The number of nitrogens with two attached hydrogens (primary N) is 1. The van der Waals surface area contributed by atoms with Crippen molar-refractivity contribution in [2.24, 2.45) is 5.73 Å². The Hall–Kier alpha value is -1.53. The van der Waals surface area contributed by atoms with Crippen LogP contribution in [0.3, 0.4) is 0 Å². The first kappa shape index (κ1) is 14.9. The minimum atomic E-state index is -1.35. The van der Waals surface area contributed by atoms with E-state index >= 15 is 0 Å². The summed E-state index contributed by atoms with van der Waals surface area (Å²) in [5.41, 5.74) is 4.16. The molecule has 2 rings (SSSR count). The molecule has 1 atom stereocenters. The number of halogens is 2. The Kier molecular flexibility index (Phi) is 4.35. The lowest BCUT2D eigenvalue weighted by Gasteiger charge is -2.38. The number of benzene rings is 1. The van der Waals surface area contributed by atoms with Crippen LogP contribution in [0.4, 0.5) is 8.78 Å². The Morgan fingerprint density at radius 3 is 2.80 bits per heavy atom. The molecule has 0 bridgehead atoms. The standard InChI is InChI=1S/C14H19F2N3O/c1-14(13(17)20,19-7-2-5-18-6-8-19)11-9-10(15)3-4-12(11)16/h3-4,9,18H,2,5-8H2,1H3,(H2,17,20). The fourth-order valence-corrected chi connectivity index (χ4v) is 2.62. The third-order valence-electron chi connectivity index (χ3n) is 3.91. The zero-order valence-corrected chi connectivity index (χ0v) is 11.5. The molecule has 1 aromatic rings. The Bertz CT molecular complexity index is 501. The molecular formula is C14H19F2N3O. The number of carbonyl (C=O) groups excluding carboxylic acids is 1. The van der Waals surface area contributed by atoms with E-state index in [1.54, 1.807) is 6.92 Å². The summed E-state index contributed by atoms with van der Waals surface area (Å²) >= 11 is 0. The lowest BCUT2D eigenvalue weighted by molar-refractivity contribution is -0.130. The number of hydrogen-bond acceptors (Lipinski definition) is 3. The predicted molar refractivity (Wildman–Crippen MR) is 72.0 cm³/mol. The highest BCUT2D eigenvalue weighted by molar-refractivity contribution is 5.85. The second-order valence-electron chi connectivity index (χ2n) is 5.15. The van der Waals surface area contributed by atoms with E-state index in [2.05, 4.69) is 5.32 Å². The van der Waals surface area contributed by atoms with Crippen LogP contribution in [0.15, 0.2) is 18.2 Å². The van der Waals surface area contributed by atoms with E-state index in [1.165, 1.54) is 0 Å². The maximum absolute atomic E-state index is 14.1. The molecule has 1 aliphatic heterocycles. The van der Waals surface area contributed by atoms with E-state index in [9.17, 15) is 13.6 Å². The third kappa shape index (κ3) is 2.66. The third-order valence-corrected chi connectivity index (χ3v) is 3.91. The maximum atomic E-state index is 14.1. The highest BCUT2D eigenvalue weighted by Gasteiger charge is 2.41. The van der Waals surface area contributed by atoms with Crippen LogP contribution in [0, 0.1) is 11.6 Å². The summed E-state index contributed by atoms with van der Waals surface area (Å²) in [6.45, 7) is 4.22. The van der Waals surface area contributed by atoms with E-state index in [0.717, 1.165) is 31.2 Å².